The molecule has 1 rings (SSSR count). The molecule has 1 fully saturated rings. The molecule has 0 aromatic heterocycles. The van der Waals surface area contributed by atoms with Crippen molar-refractivity contribution < 1.29 is 14.7 Å². The molecule has 1 aliphatic rings. The number of carboxylic acid groups (broad SMARTS) is 1. The van der Waals surface area contributed by atoms with Crippen molar-refractivity contribution in [2.75, 3.05) is 18.1 Å². The van der Waals surface area contributed by atoms with Gasteiger partial charge in [-0.15, -0.1) is 35.0 Å². The summed E-state index contributed by atoms with van der Waals surface area (Å²) in [7, 11) is 0. The largest absolute Gasteiger partial charge is 0.481 e. The number of hydrogen-bond donors (Lipinski definition) is 2. The van der Waals surface area contributed by atoms with Gasteiger partial charge in [0.15, 0.2) is 0 Å². The fourth-order valence-corrected chi connectivity index (χ4v) is 2.51. The van der Waals surface area contributed by atoms with Crippen molar-refractivity contribution in [2.45, 2.75) is 17.7 Å². The molecular formula is C9H13Cl2NO3S. The van der Waals surface area contributed by atoms with Crippen LogP contribution < -0.4 is 5.32 Å². The molecule has 7 heteroatoms. The van der Waals surface area contributed by atoms with Gasteiger partial charge in [0.05, 0.1) is 11.2 Å². The minimum atomic E-state index is -0.953. The Morgan fingerprint density at radius 1 is 1.50 bits per heavy atom. The van der Waals surface area contributed by atoms with Crippen molar-refractivity contribution in [3.8, 4) is 0 Å². The van der Waals surface area contributed by atoms with Gasteiger partial charge in [-0.1, -0.05) is 0 Å². The van der Waals surface area contributed by atoms with Gasteiger partial charge in [-0.3, -0.25) is 9.59 Å². The second kappa shape index (κ2) is 5.02. The van der Waals surface area contributed by atoms with Crippen molar-refractivity contribution in [1.29, 1.82) is 0 Å². The Balaban J connectivity index is 2.15. The number of rotatable bonds is 6. The van der Waals surface area contributed by atoms with Crippen LogP contribution in [-0.4, -0.2) is 39.4 Å². The van der Waals surface area contributed by atoms with E-state index in [0.29, 0.717) is 18.7 Å². The molecule has 0 aliphatic heterocycles. The molecule has 0 bridgehead atoms. The van der Waals surface area contributed by atoms with E-state index in [1.807, 2.05) is 0 Å². The summed E-state index contributed by atoms with van der Waals surface area (Å²) in [5.74, 6) is -0.423. The zero-order valence-corrected chi connectivity index (χ0v) is 11.1. The highest BCUT2D eigenvalue weighted by Gasteiger charge is 2.67. The van der Waals surface area contributed by atoms with E-state index in [-0.39, 0.29) is 11.7 Å². The third-order valence-electron chi connectivity index (χ3n) is 2.52. The Kier molecular flexibility index (Phi) is 4.37. The number of halogens is 2. The molecule has 2 N–H and O–H groups in total. The smallest absolute Gasteiger partial charge is 0.313 e. The summed E-state index contributed by atoms with van der Waals surface area (Å²) in [5.41, 5.74) is -0.701. The number of hydrogen-bond acceptors (Lipinski definition) is 3. The molecule has 1 unspecified atom stereocenters. The van der Waals surface area contributed by atoms with Crippen molar-refractivity contribution in [1.82, 2.24) is 5.32 Å². The first-order valence-electron chi connectivity index (χ1n) is 4.75. The van der Waals surface area contributed by atoms with Crippen LogP contribution in [0.1, 0.15) is 13.3 Å². The molecule has 0 heterocycles. The SMILES string of the molecule is CC1(C(=O)NCCSCC(=O)O)CC1(Cl)Cl. The van der Waals surface area contributed by atoms with E-state index >= 15 is 0 Å². The van der Waals surface area contributed by atoms with E-state index in [4.69, 9.17) is 28.3 Å². The van der Waals surface area contributed by atoms with Crippen LogP contribution in [0.2, 0.25) is 0 Å². The molecule has 0 saturated heterocycles. The van der Waals surface area contributed by atoms with Gasteiger partial charge in [0.2, 0.25) is 5.91 Å². The van der Waals surface area contributed by atoms with Gasteiger partial charge < -0.3 is 10.4 Å². The molecule has 1 amide bonds. The average molecular weight is 286 g/mol. The van der Waals surface area contributed by atoms with E-state index < -0.39 is 15.7 Å². The van der Waals surface area contributed by atoms with E-state index in [1.54, 1.807) is 6.92 Å². The quantitative estimate of drug-likeness (QED) is 0.573. The van der Waals surface area contributed by atoms with E-state index in [9.17, 15) is 9.59 Å². The number of aliphatic carboxylic acids is 1. The van der Waals surface area contributed by atoms with Gasteiger partial charge >= 0.3 is 5.97 Å². The minimum Gasteiger partial charge on any atom is -0.481 e. The molecule has 1 atom stereocenters. The molecule has 0 aromatic carbocycles. The summed E-state index contributed by atoms with van der Waals surface area (Å²) in [4.78, 5) is 21.8. The highest BCUT2D eigenvalue weighted by atomic mass is 35.5. The number of nitrogens with one attached hydrogen (secondary N) is 1. The molecule has 0 spiro atoms. The van der Waals surface area contributed by atoms with Crippen LogP contribution in [0, 0.1) is 5.41 Å². The lowest BCUT2D eigenvalue weighted by atomic mass is 10.1. The average Bonchev–Trinajstić information content (AvgIpc) is 2.66. The normalized spacial score (nSPS) is 26.2. The van der Waals surface area contributed by atoms with Gasteiger partial charge in [0.1, 0.15) is 4.33 Å². The van der Waals surface area contributed by atoms with Gasteiger partial charge in [0.25, 0.3) is 0 Å². The maximum absolute atomic E-state index is 11.6. The summed E-state index contributed by atoms with van der Waals surface area (Å²) >= 11 is 12.9. The highest BCUT2D eigenvalue weighted by Crippen LogP contribution is 2.63. The standard InChI is InChI=1S/C9H13Cl2NO3S/c1-8(5-9(8,10)11)7(15)12-2-3-16-4-6(13)14/h2-5H2,1H3,(H,12,15)(H,13,14). The lowest BCUT2D eigenvalue weighted by molar-refractivity contribution is -0.134. The molecule has 4 nitrogen and oxygen atoms in total. The summed E-state index contributed by atoms with van der Waals surface area (Å²) in [6.45, 7) is 2.14. The van der Waals surface area contributed by atoms with Crippen LogP contribution in [0.5, 0.6) is 0 Å². The molecule has 16 heavy (non-hydrogen) atoms. The van der Waals surface area contributed by atoms with E-state index in [2.05, 4.69) is 5.32 Å². The number of thioether (sulfide) groups is 1. The Hall–Kier alpha value is -0.130. The fourth-order valence-electron chi connectivity index (χ4n) is 1.24. The summed E-state index contributed by atoms with van der Waals surface area (Å²) in [6.07, 6.45) is 0.456. The second-order valence-electron chi connectivity index (χ2n) is 3.92. The lowest BCUT2D eigenvalue weighted by Crippen LogP contribution is -2.34. The van der Waals surface area contributed by atoms with Crippen LogP contribution in [0.25, 0.3) is 0 Å². The van der Waals surface area contributed by atoms with Crippen LogP contribution >= 0.6 is 35.0 Å². The van der Waals surface area contributed by atoms with Gasteiger partial charge in [-0.05, 0) is 13.3 Å². The first kappa shape index (κ1) is 13.9. The first-order valence-corrected chi connectivity index (χ1v) is 6.66. The predicted octanol–water partition coefficient (Wildman–Crippen LogP) is 1.50. The number of carbonyl (C=O) groups excluding carboxylic acids is 1. The Morgan fingerprint density at radius 2 is 2.06 bits per heavy atom. The number of amides is 1. The number of carbonyl (C=O) groups is 2. The first-order chi connectivity index (χ1) is 7.29. The van der Waals surface area contributed by atoms with Crippen molar-refractivity contribution in [3.63, 3.8) is 0 Å². The van der Waals surface area contributed by atoms with Gasteiger partial charge in [-0.25, -0.2) is 0 Å². The molecule has 0 radical (unpaired) electrons. The van der Waals surface area contributed by atoms with Crippen molar-refractivity contribution >= 4 is 46.8 Å². The molecule has 0 aromatic rings. The van der Waals surface area contributed by atoms with E-state index in [1.165, 1.54) is 11.8 Å². The van der Waals surface area contributed by atoms with Gasteiger partial charge in [-0.2, -0.15) is 0 Å². The lowest BCUT2D eigenvalue weighted by Gasteiger charge is -2.12. The predicted molar refractivity (Wildman–Crippen MR) is 65.1 cm³/mol. The molecular weight excluding hydrogens is 273 g/mol. The molecule has 1 aliphatic carbocycles. The maximum atomic E-state index is 11.6. The van der Waals surface area contributed by atoms with Crippen molar-refractivity contribution in [2.24, 2.45) is 5.41 Å². The van der Waals surface area contributed by atoms with Crippen LogP contribution in [0.4, 0.5) is 0 Å². The zero-order chi connectivity index (χ0) is 12.4. The van der Waals surface area contributed by atoms with Crippen molar-refractivity contribution in [3.05, 3.63) is 0 Å². The third kappa shape index (κ3) is 3.18. The number of alkyl halides is 2. The maximum Gasteiger partial charge on any atom is 0.313 e. The van der Waals surface area contributed by atoms with Crippen LogP contribution in [-0.2, 0) is 9.59 Å². The van der Waals surface area contributed by atoms with E-state index in [0.717, 1.165) is 0 Å². The Morgan fingerprint density at radius 3 is 2.50 bits per heavy atom. The molecule has 1 saturated carbocycles. The fraction of sp³-hybridized carbons (Fsp3) is 0.778. The topological polar surface area (TPSA) is 66.4 Å². The second-order valence-corrected chi connectivity index (χ2v) is 6.50. The number of carboxylic acids is 1. The summed E-state index contributed by atoms with van der Waals surface area (Å²) in [6, 6.07) is 0. The van der Waals surface area contributed by atoms with Crippen LogP contribution in [0.15, 0.2) is 0 Å². The monoisotopic (exact) mass is 285 g/mol. The summed E-state index contributed by atoms with van der Waals surface area (Å²) in [5, 5.41) is 11.1. The Bertz CT molecular complexity index is 311. The summed E-state index contributed by atoms with van der Waals surface area (Å²) < 4.78 is -0.953. The minimum absolute atomic E-state index is 0.0437. The Labute approximate surface area is 108 Å². The molecule has 92 valence electrons. The van der Waals surface area contributed by atoms with Crippen LogP contribution in [0.3, 0.4) is 0 Å². The third-order valence-corrected chi connectivity index (χ3v) is 4.56. The van der Waals surface area contributed by atoms with Gasteiger partial charge in [0, 0.05) is 12.3 Å². The highest BCUT2D eigenvalue weighted by molar-refractivity contribution is 7.99. The zero-order valence-electron chi connectivity index (χ0n) is 8.76.